The highest BCUT2D eigenvalue weighted by molar-refractivity contribution is 5.43. The molecule has 168 valence electrons. The van der Waals surface area contributed by atoms with Gasteiger partial charge in [0.1, 0.15) is 0 Å². The van der Waals surface area contributed by atoms with Gasteiger partial charge in [-0.15, -0.1) is 0 Å². The summed E-state index contributed by atoms with van der Waals surface area (Å²) < 4.78 is 0. The van der Waals surface area contributed by atoms with Crippen LogP contribution in [-0.4, -0.2) is 0 Å². The molecule has 0 saturated heterocycles. The van der Waals surface area contributed by atoms with Crippen LogP contribution in [-0.2, 0) is 0 Å². The zero-order chi connectivity index (χ0) is 21.7. The molecule has 0 bridgehead atoms. The zero-order valence-electron chi connectivity index (χ0n) is 21.3. The molecule has 0 nitrogen and oxygen atoms in total. The van der Waals surface area contributed by atoms with Gasteiger partial charge in [0.15, 0.2) is 0 Å². The van der Waals surface area contributed by atoms with Crippen molar-refractivity contribution >= 4 is 0 Å². The monoisotopic (exact) mass is 408 g/mol. The molecular formula is C30H48. The first kappa shape index (κ1) is 21.3. The minimum absolute atomic E-state index is 0.387. The zero-order valence-corrected chi connectivity index (χ0v) is 21.3. The highest BCUT2D eigenvalue weighted by atomic mass is 14.7. The first-order valence-corrected chi connectivity index (χ1v) is 13.3. The molecule has 0 aliphatic heterocycles. The maximum Gasteiger partial charge on any atom is -0.00422 e. The highest BCUT2D eigenvalue weighted by Crippen LogP contribution is 2.76. The van der Waals surface area contributed by atoms with Crippen molar-refractivity contribution in [3.63, 3.8) is 0 Å². The fourth-order valence-corrected chi connectivity index (χ4v) is 10.7. The van der Waals surface area contributed by atoms with Crippen molar-refractivity contribution in [1.82, 2.24) is 0 Å². The van der Waals surface area contributed by atoms with Gasteiger partial charge in [-0.1, -0.05) is 85.1 Å². The highest BCUT2D eigenvalue weighted by Gasteiger charge is 2.67. The first-order valence-electron chi connectivity index (χ1n) is 13.3. The lowest BCUT2D eigenvalue weighted by Crippen LogP contribution is -2.59. The summed E-state index contributed by atoms with van der Waals surface area (Å²) in [4.78, 5) is 0. The van der Waals surface area contributed by atoms with E-state index in [1.807, 2.05) is 5.57 Å². The van der Waals surface area contributed by atoms with Crippen molar-refractivity contribution in [2.45, 2.75) is 113 Å². The smallest absolute Gasteiger partial charge is 0.00422 e. The Labute approximate surface area is 187 Å². The summed E-state index contributed by atoms with van der Waals surface area (Å²) in [6.45, 7) is 20.8. The number of rotatable bonds is 1. The van der Waals surface area contributed by atoms with E-state index in [-0.39, 0.29) is 0 Å². The standard InChI is InChI=1S/C30H48/c1-20(2)21-10-13-25-28(21,6)18-19-29(7)23-11-12-24-26(3,4)15-9-16-27(24,5)22(23)14-17-30(25,29)8/h11-12,20-22,25H,9-10,13-19H2,1-8H3/t21-,22+,25-,27-,28-,29-,30+/m1/s1. The third-order valence-corrected chi connectivity index (χ3v) is 12.4. The normalized spacial score (nSPS) is 52.0. The lowest BCUT2D eigenvalue weighted by molar-refractivity contribution is -0.127. The number of hydrogen-bond donors (Lipinski definition) is 0. The second kappa shape index (κ2) is 6.29. The minimum Gasteiger partial charge on any atom is -0.0625 e. The van der Waals surface area contributed by atoms with E-state index in [2.05, 4.69) is 67.5 Å². The van der Waals surface area contributed by atoms with E-state index in [0.717, 1.165) is 23.7 Å². The van der Waals surface area contributed by atoms with Gasteiger partial charge in [-0.3, -0.25) is 0 Å². The van der Waals surface area contributed by atoms with Crippen LogP contribution in [0.25, 0.3) is 0 Å². The Bertz CT molecular complexity index is 795. The number of hydrogen-bond acceptors (Lipinski definition) is 0. The van der Waals surface area contributed by atoms with E-state index in [4.69, 9.17) is 0 Å². The summed E-state index contributed by atoms with van der Waals surface area (Å²) in [5.74, 6) is 3.48. The summed E-state index contributed by atoms with van der Waals surface area (Å²) in [6.07, 6.45) is 18.2. The molecule has 5 aliphatic carbocycles. The largest absolute Gasteiger partial charge is 0.0625 e. The van der Waals surface area contributed by atoms with Crippen molar-refractivity contribution in [1.29, 1.82) is 0 Å². The van der Waals surface area contributed by atoms with E-state index in [0.29, 0.717) is 27.1 Å². The predicted molar refractivity (Wildman–Crippen MR) is 129 cm³/mol. The summed E-state index contributed by atoms with van der Waals surface area (Å²) >= 11 is 0. The van der Waals surface area contributed by atoms with Gasteiger partial charge in [0.05, 0.1) is 0 Å². The quantitative estimate of drug-likeness (QED) is 0.406. The van der Waals surface area contributed by atoms with Crippen LogP contribution in [0.15, 0.2) is 23.3 Å². The van der Waals surface area contributed by atoms with Gasteiger partial charge in [0, 0.05) is 0 Å². The van der Waals surface area contributed by atoms with Gasteiger partial charge in [-0.2, -0.15) is 0 Å². The average molecular weight is 409 g/mol. The molecule has 5 aliphatic rings. The molecule has 5 rings (SSSR count). The molecule has 0 aromatic carbocycles. The lowest BCUT2D eigenvalue weighted by atomic mass is 9.37. The second-order valence-corrected chi connectivity index (χ2v) is 14.2. The lowest BCUT2D eigenvalue weighted by Gasteiger charge is -2.67. The molecule has 0 heteroatoms. The molecule has 30 heavy (non-hydrogen) atoms. The van der Waals surface area contributed by atoms with Crippen molar-refractivity contribution < 1.29 is 0 Å². The van der Waals surface area contributed by atoms with Crippen molar-refractivity contribution in [3.05, 3.63) is 23.3 Å². The molecule has 0 unspecified atom stereocenters. The Morgan fingerprint density at radius 1 is 0.800 bits per heavy atom. The molecule has 0 aromatic rings. The van der Waals surface area contributed by atoms with Gasteiger partial charge in [-0.25, -0.2) is 0 Å². The average Bonchev–Trinajstić information content (AvgIpc) is 3.01. The maximum atomic E-state index is 2.74. The molecule has 0 N–H and O–H groups in total. The van der Waals surface area contributed by atoms with Crippen LogP contribution in [0.2, 0.25) is 0 Å². The van der Waals surface area contributed by atoms with Crippen molar-refractivity contribution in [2.24, 2.45) is 50.7 Å². The SMILES string of the molecule is CC(C)[C@H]1CC[C@@H]2[C@]1(C)CC[C@]1(C)C3=CC=C4C(C)(C)CCC[C@]4(C)[C@H]3CC[C@@]21C. The summed E-state index contributed by atoms with van der Waals surface area (Å²) in [7, 11) is 0. The molecule has 0 aromatic heterocycles. The molecule has 0 amide bonds. The maximum absolute atomic E-state index is 2.74. The topological polar surface area (TPSA) is 0 Å². The Morgan fingerprint density at radius 3 is 2.23 bits per heavy atom. The van der Waals surface area contributed by atoms with Gasteiger partial charge in [-0.05, 0) is 102 Å². The van der Waals surface area contributed by atoms with Crippen LogP contribution >= 0.6 is 0 Å². The third kappa shape index (κ3) is 2.41. The Kier molecular flexibility index (Phi) is 4.47. The Morgan fingerprint density at radius 2 is 1.53 bits per heavy atom. The van der Waals surface area contributed by atoms with E-state index < -0.39 is 0 Å². The summed E-state index contributed by atoms with van der Waals surface area (Å²) in [6, 6.07) is 0. The summed E-state index contributed by atoms with van der Waals surface area (Å²) in [5, 5.41) is 0. The van der Waals surface area contributed by atoms with Crippen LogP contribution in [0, 0.1) is 50.7 Å². The van der Waals surface area contributed by atoms with E-state index >= 15 is 0 Å². The van der Waals surface area contributed by atoms with Gasteiger partial charge >= 0.3 is 0 Å². The van der Waals surface area contributed by atoms with Crippen LogP contribution in [0.4, 0.5) is 0 Å². The minimum atomic E-state index is 0.387. The third-order valence-electron chi connectivity index (χ3n) is 12.4. The molecule has 0 spiro atoms. The molecule has 7 atom stereocenters. The molecule has 4 fully saturated rings. The van der Waals surface area contributed by atoms with E-state index in [1.54, 1.807) is 5.57 Å². The van der Waals surface area contributed by atoms with E-state index in [9.17, 15) is 0 Å². The molecule has 0 heterocycles. The number of allylic oxidation sites excluding steroid dienone is 4. The fourth-order valence-electron chi connectivity index (χ4n) is 10.7. The first-order chi connectivity index (χ1) is 13.9. The van der Waals surface area contributed by atoms with Crippen LogP contribution in [0.5, 0.6) is 0 Å². The Hall–Kier alpha value is -0.520. The van der Waals surface area contributed by atoms with Crippen molar-refractivity contribution in [2.75, 3.05) is 0 Å². The number of fused-ring (bicyclic) bond motifs is 7. The predicted octanol–water partition coefficient (Wildman–Crippen LogP) is 8.97. The van der Waals surface area contributed by atoms with Crippen LogP contribution in [0.1, 0.15) is 113 Å². The van der Waals surface area contributed by atoms with E-state index in [1.165, 1.54) is 57.8 Å². The van der Waals surface area contributed by atoms with Crippen LogP contribution < -0.4 is 0 Å². The van der Waals surface area contributed by atoms with Gasteiger partial charge < -0.3 is 0 Å². The molecule has 4 saturated carbocycles. The second-order valence-electron chi connectivity index (χ2n) is 14.2. The van der Waals surface area contributed by atoms with Crippen molar-refractivity contribution in [3.8, 4) is 0 Å². The molecular weight excluding hydrogens is 360 g/mol. The van der Waals surface area contributed by atoms with Gasteiger partial charge in [0.2, 0.25) is 0 Å². The van der Waals surface area contributed by atoms with Gasteiger partial charge in [0.25, 0.3) is 0 Å². The Balaban J connectivity index is 1.59. The molecule has 0 radical (unpaired) electrons. The summed E-state index contributed by atoms with van der Waals surface area (Å²) in [5.41, 5.74) is 5.91. The fraction of sp³-hybridized carbons (Fsp3) is 0.867. The van der Waals surface area contributed by atoms with Crippen LogP contribution in [0.3, 0.4) is 0 Å².